The van der Waals surface area contributed by atoms with Gasteiger partial charge in [-0.1, -0.05) is 63.9 Å². The van der Waals surface area contributed by atoms with Crippen LogP contribution in [-0.2, 0) is 23.1 Å². The third kappa shape index (κ3) is 4.78. The Morgan fingerprint density at radius 2 is 1.84 bits per heavy atom. The summed E-state index contributed by atoms with van der Waals surface area (Å²) in [5, 5.41) is 0. The second kappa shape index (κ2) is 9.76. The molecule has 3 aromatic rings. The molecule has 31 heavy (non-hydrogen) atoms. The van der Waals surface area contributed by atoms with E-state index in [-0.39, 0.29) is 17.4 Å². The molecule has 1 unspecified atom stereocenters. The van der Waals surface area contributed by atoms with Gasteiger partial charge in [-0.25, -0.2) is 9.78 Å². The third-order valence-corrected chi connectivity index (χ3v) is 5.17. The Morgan fingerprint density at radius 3 is 2.48 bits per heavy atom. The van der Waals surface area contributed by atoms with E-state index in [0.717, 1.165) is 23.8 Å². The van der Waals surface area contributed by atoms with Gasteiger partial charge in [-0.3, -0.25) is 23.3 Å². The second-order valence-electron chi connectivity index (χ2n) is 8.19. The van der Waals surface area contributed by atoms with Gasteiger partial charge in [0.1, 0.15) is 6.33 Å². The van der Waals surface area contributed by atoms with E-state index < -0.39 is 17.5 Å². The number of nitrogens with zero attached hydrogens (tertiary/aromatic N) is 4. The fraction of sp³-hybridized carbons (Fsp3) is 0.478. The van der Waals surface area contributed by atoms with Crippen LogP contribution in [0.3, 0.4) is 0 Å². The zero-order chi connectivity index (χ0) is 22.5. The molecular formula is C23H30N4O4. The van der Waals surface area contributed by atoms with Gasteiger partial charge in [0.15, 0.2) is 11.2 Å². The Morgan fingerprint density at radius 1 is 1.13 bits per heavy atom. The highest BCUT2D eigenvalue weighted by Crippen LogP contribution is 2.24. The van der Waals surface area contributed by atoms with Crippen molar-refractivity contribution in [2.75, 3.05) is 0 Å². The van der Waals surface area contributed by atoms with Crippen LogP contribution in [-0.4, -0.2) is 24.7 Å². The Kier molecular flexibility index (Phi) is 7.09. The lowest BCUT2D eigenvalue weighted by molar-refractivity contribution is -0.151. The van der Waals surface area contributed by atoms with Crippen molar-refractivity contribution in [3.63, 3.8) is 0 Å². The van der Waals surface area contributed by atoms with Crippen LogP contribution < -0.4 is 11.2 Å². The van der Waals surface area contributed by atoms with E-state index in [4.69, 9.17) is 4.74 Å². The van der Waals surface area contributed by atoms with Crippen molar-refractivity contribution in [3.05, 3.63) is 63.1 Å². The summed E-state index contributed by atoms with van der Waals surface area (Å²) < 4.78 is 9.97. The van der Waals surface area contributed by atoms with Gasteiger partial charge in [-0.15, -0.1) is 0 Å². The van der Waals surface area contributed by atoms with Crippen molar-refractivity contribution in [3.8, 4) is 0 Å². The second-order valence-corrected chi connectivity index (χ2v) is 8.19. The normalized spacial score (nSPS) is 12.4. The summed E-state index contributed by atoms with van der Waals surface area (Å²) in [6.07, 6.45) is 3.63. The first-order valence-corrected chi connectivity index (χ1v) is 10.8. The lowest BCUT2D eigenvalue weighted by Gasteiger charge is -2.21. The molecule has 2 aromatic heterocycles. The van der Waals surface area contributed by atoms with E-state index in [1.54, 1.807) is 4.57 Å². The molecule has 0 aliphatic carbocycles. The molecule has 1 aromatic carbocycles. The monoisotopic (exact) mass is 426 g/mol. The van der Waals surface area contributed by atoms with Gasteiger partial charge in [0.2, 0.25) is 6.23 Å². The number of ether oxygens (including phenoxy) is 1. The molecule has 0 radical (unpaired) electrons. The summed E-state index contributed by atoms with van der Waals surface area (Å²) >= 11 is 0. The molecule has 0 fully saturated rings. The summed E-state index contributed by atoms with van der Waals surface area (Å²) in [7, 11) is 1.45. The van der Waals surface area contributed by atoms with E-state index in [0.29, 0.717) is 24.2 Å². The quantitative estimate of drug-likeness (QED) is 0.387. The number of carbonyl (C=O) groups is 1. The molecule has 1 atom stereocenters. The average Bonchev–Trinajstić information content (AvgIpc) is 3.19. The van der Waals surface area contributed by atoms with Gasteiger partial charge in [0, 0.05) is 25.6 Å². The van der Waals surface area contributed by atoms with Crippen LogP contribution in [0.2, 0.25) is 0 Å². The first kappa shape index (κ1) is 22.5. The minimum absolute atomic E-state index is 0.185. The van der Waals surface area contributed by atoms with Crippen LogP contribution in [0.5, 0.6) is 0 Å². The molecule has 0 saturated heterocycles. The van der Waals surface area contributed by atoms with E-state index >= 15 is 0 Å². The lowest BCUT2D eigenvalue weighted by Crippen LogP contribution is -2.39. The van der Waals surface area contributed by atoms with E-state index in [9.17, 15) is 14.4 Å². The highest BCUT2D eigenvalue weighted by atomic mass is 16.6. The molecular weight excluding hydrogens is 396 g/mol. The fourth-order valence-corrected chi connectivity index (χ4v) is 3.59. The molecule has 0 N–H and O–H groups in total. The summed E-state index contributed by atoms with van der Waals surface area (Å²) in [6, 6.07) is 9.24. The van der Waals surface area contributed by atoms with Crippen LogP contribution in [0, 0.1) is 5.92 Å². The van der Waals surface area contributed by atoms with Crippen molar-refractivity contribution in [1.82, 2.24) is 18.7 Å². The van der Waals surface area contributed by atoms with E-state index in [1.807, 2.05) is 44.2 Å². The number of unbranched alkanes of at least 4 members (excludes halogenated alkanes) is 2. The van der Waals surface area contributed by atoms with Crippen molar-refractivity contribution < 1.29 is 9.53 Å². The third-order valence-electron chi connectivity index (χ3n) is 5.17. The van der Waals surface area contributed by atoms with Gasteiger partial charge in [-0.05, 0) is 12.3 Å². The maximum absolute atomic E-state index is 13.0. The number of hydrogen-bond acceptors (Lipinski definition) is 5. The molecule has 0 aliphatic rings. The number of aromatic nitrogens is 4. The zero-order valence-corrected chi connectivity index (χ0v) is 18.6. The van der Waals surface area contributed by atoms with Gasteiger partial charge in [0.25, 0.3) is 5.56 Å². The number of imidazole rings is 1. The highest BCUT2D eigenvalue weighted by Gasteiger charge is 2.25. The molecule has 0 aliphatic heterocycles. The van der Waals surface area contributed by atoms with Gasteiger partial charge in [-0.2, -0.15) is 0 Å². The smallest absolute Gasteiger partial charge is 0.332 e. The van der Waals surface area contributed by atoms with Crippen LogP contribution in [0.25, 0.3) is 11.2 Å². The Bertz CT molecular complexity index is 1160. The molecule has 0 bridgehead atoms. The standard InChI is InChI=1S/C23H30N4O4/c1-5-6-8-13-18(28)31-22(17-11-9-7-10-12-17)27-15-24-20-19(27)21(29)25(4)23(30)26(20)14-16(2)3/h7,9-12,15-16,22H,5-6,8,13-14H2,1-4H3. The van der Waals surface area contributed by atoms with E-state index in [1.165, 1.54) is 17.9 Å². The minimum Gasteiger partial charge on any atom is -0.437 e. The summed E-state index contributed by atoms with van der Waals surface area (Å²) in [5.41, 5.74) is 0.363. The number of esters is 1. The first-order valence-electron chi connectivity index (χ1n) is 10.8. The van der Waals surface area contributed by atoms with Crippen molar-refractivity contribution in [2.24, 2.45) is 13.0 Å². The Labute approximate surface area is 181 Å². The number of carbonyl (C=O) groups excluding carboxylic acids is 1. The maximum atomic E-state index is 13.0. The number of fused-ring (bicyclic) bond motifs is 1. The Balaban J connectivity index is 2.14. The number of hydrogen-bond donors (Lipinski definition) is 0. The van der Waals surface area contributed by atoms with Crippen LogP contribution in [0.1, 0.15) is 58.2 Å². The fourth-order valence-electron chi connectivity index (χ4n) is 3.59. The minimum atomic E-state index is -0.849. The Hall–Kier alpha value is -3.16. The van der Waals surface area contributed by atoms with Gasteiger partial charge >= 0.3 is 11.7 Å². The van der Waals surface area contributed by atoms with Gasteiger partial charge < -0.3 is 4.74 Å². The van der Waals surface area contributed by atoms with Crippen LogP contribution >= 0.6 is 0 Å². The summed E-state index contributed by atoms with van der Waals surface area (Å²) in [6.45, 7) is 6.48. The topological polar surface area (TPSA) is 88.1 Å². The predicted octanol–water partition coefficient (Wildman–Crippen LogP) is 3.22. The molecule has 2 heterocycles. The molecule has 0 spiro atoms. The van der Waals surface area contributed by atoms with Crippen LogP contribution in [0.4, 0.5) is 0 Å². The van der Waals surface area contributed by atoms with Crippen LogP contribution in [0.15, 0.2) is 46.2 Å². The molecule has 3 rings (SSSR count). The predicted molar refractivity (Wildman–Crippen MR) is 119 cm³/mol. The molecule has 0 saturated carbocycles. The van der Waals surface area contributed by atoms with Crippen molar-refractivity contribution in [1.29, 1.82) is 0 Å². The molecule has 166 valence electrons. The lowest BCUT2D eigenvalue weighted by atomic mass is 10.2. The zero-order valence-electron chi connectivity index (χ0n) is 18.6. The van der Waals surface area contributed by atoms with Gasteiger partial charge in [0.05, 0.1) is 0 Å². The largest absolute Gasteiger partial charge is 0.437 e. The van der Waals surface area contributed by atoms with Crippen molar-refractivity contribution in [2.45, 2.75) is 59.2 Å². The first-order chi connectivity index (χ1) is 14.8. The summed E-state index contributed by atoms with van der Waals surface area (Å²) in [5.74, 6) is -0.152. The highest BCUT2D eigenvalue weighted by molar-refractivity contribution is 5.72. The SMILES string of the molecule is CCCCCC(=O)OC(c1ccccc1)n1cnc2c1c(=O)n(C)c(=O)n2CC(C)C. The van der Waals surface area contributed by atoms with E-state index in [2.05, 4.69) is 11.9 Å². The summed E-state index contributed by atoms with van der Waals surface area (Å²) in [4.78, 5) is 42.7. The molecule has 8 nitrogen and oxygen atoms in total. The number of rotatable bonds is 9. The number of benzene rings is 1. The molecule has 0 amide bonds. The van der Waals surface area contributed by atoms with Crippen molar-refractivity contribution >= 4 is 17.1 Å². The molecule has 8 heteroatoms. The average molecular weight is 427 g/mol. The maximum Gasteiger partial charge on any atom is 0.332 e.